The van der Waals surface area contributed by atoms with E-state index in [4.69, 9.17) is 5.14 Å². The summed E-state index contributed by atoms with van der Waals surface area (Å²) in [5.74, 6) is -1.29. The minimum Gasteiger partial charge on any atom is -0.321 e. The predicted octanol–water partition coefficient (Wildman–Crippen LogP) is 2.96. The van der Waals surface area contributed by atoms with Gasteiger partial charge in [0.15, 0.2) is 0 Å². The molecule has 0 bridgehead atoms. The van der Waals surface area contributed by atoms with Crippen LogP contribution in [-0.2, 0) is 14.8 Å². The quantitative estimate of drug-likeness (QED) is 0.267. The van der Waals surface area contributed by atoms with Gasteiger partial charge in [-0.2, -0.15) is 0 Å². The number of rotatable bonds is 7. The van der Waals surface area contributed by atoms with Crippen molar-refractivity contribution in [2.24, 2.45) is 5.14 Å². The van der Waals surface area contributed by atoms with Crippen molar-refractivity contribution in [1.82, 2.24) is 5.32 Å². The molecule has 4 N–H and O–H groups in total. The summed E-state index contributed by atoms with van der Waals surface area (Å²) in [6.07, 6.45) is 1.30. The van der Waals surface area contributed by atoms with Crippen LogP contribution in [0.4, 0.5) is 11.4 Å². The number of aryl methyl sites for hydroxylation is 1. The van der Waals surface area contributed by atoms with E-state index in [2.05, 4.69) is 10.6 Å². The normalized spacial score (nSPS) is 11.5. The number of anilines is 1. The molecule has 0 radical (unpaired) electrons. The van der Waals surface area contributed by atoms with Crippen molar-refractivity contribution in [2.45, 2.75) is 11.8 Å². The van der Waals surface area contributed by atoms with E-state index in [1.807, 2.05) is 6.92 Å². The molecule has 0 aliphatic rings. The molecule has 3 aromatic rings. The number of nitrogens with two attached hydrogens (primary N) is 1. The summed E-state index contributed by atoms with van der Waals surface area (Å²) in [4.78, 5) is 36.1. The lowest BCUT2D eigenvalue weighted by Gasteiger charge is -2.12. The average molecular weight is 481 g/mol. The minimum atomic E-state index is -3.90. The SMILES string of the molecule is Cc1ccc(C(=O)NC(=Cc2cccc([N+](=O)[O-])c2)C(=O)Nc2ccc(S(N)(=O)=O)cc2)cc1. The molecule has 0 fully saturated rings. The van der Waals surface area contributed by atoms with E-state index in [0.29, 0.717) is 11.1 Å². The van der Waals surface area contributed by atoms with Gasteiger partial charge in [0.2, 0.25) is 10.0 Å². The van der Waals surface area contributed by atoms with Gasteiger partial charge in [-0.3, -0.25) is 19.7 Å². The lowest BCUT2D eigenvalue weighted by molar-refractivity contribution is -0.384. The molecule has 2 amide bonds. The van der Waals surface area contributed by atoms with Crippen LogP contribution in [0.25, 0.3) is 6.08 Å². The molecule has 34 heavy (non-hydrogen) atoms. The Bertz CT molecular complexity index is 1380. The molecule has 0 atom stereocenters. The molecular weight excluding hydrogens is 460 g/mol. The number of carbonyl (C=O) groups excluding carboxylic acids is 2. The number of nitrogens with one attached hydrogen (secondary N) is 2. The average Bonchev–Trinajstić information content (AvgIpc) is 2.79. The number of nitro benzene ring substituents is 1. The number of nitrogens with zero attached hydrogens (tertiary/aromatic N) is 1. The summed E-state index contributed by atoms with van der Waals surface area (Å²) in [6.45, 7) is 1.87. The Morgan fingerprint density at radius 1 is 1.00 bits per heavy atom. The molecule has 0 aliphatic carbocycles. The van der Waals surface area contributed by atoms with Gasteiger partial charge in [0.1, 0.15) is 5.70 Å². The number of non-ortho nitro benzene ring substituents is 1. The second-order valence-corrected chi connectivity index (χ2v) is 8.82. The summed E-state index contributed by atoms with van der Waals surface area (Å²) in [7, 11) is -3.90. The first kappa shape index (κ1) is 24.3. The largest absolute Gasteiger partial charge is 0.321 e. The number of carbonyl (C=O) groups is 2. The molecule has 3 rings (SSSR count). The predicted molar refractivity (Wildman–Crippen MR) is 126 cm³/mol. The van der Waals surface area contributed by atoms with Crippen LogP contribution in [0, 0.1) is 17.0 Å². The first-order chi connectivity index (χ1) is 16.0. The maximum atomic E-state index is 13.0. The maximum absolute atomic E-state index is 13.0. The summed E-state index contributed by atoms with van der Waals surface area (Å²) in [5.41, 5.74) is 1.45. The zero-order valence-corrected chi connectivity index (χ0v) is 18.7. The van der Waals surface area contributed by atoms with Crippen molar-refractivity contribution < 1.29 is 22.9 Å². The standard InChI is InChI=1S/C23H20N4O6S/c1-15-5-7-17(8-6-15)22(28)26-21(14-16-3-2-4-19(13-16)27(30)31)23(29)25-18-9-11-20(12-10-18)34(24,32)33/h2-14H,1H3,(H,25,29)(H,26,28)(H2,24,32,33). The van der Waals surface area contributed by atoms with Crippen LogP contribution in [-0.4, -0.2) is 25.2 Å². The number of benzene rings is 3. The second-order valence-electron chi connectivity index (χ2n) is 7.25. The molecule has 0 unspecified atom stereocenters. The Balaban J connectivity index is 1.92. The zero-order valence-electron chi connectivity index (χ0n) is 17.9. The fourth-order valence-corrected chi connectivity index (χ4v) is 3.39. The number of amides is 2. The molecule has 0 aliphatic heterocycles. The van der Waals surface area contributed by atoms with E-state index in [0.717, 1.165) is 5.56 Å². The Morgan fingerprint density at radius 3 is 2.24 bits per heavy atom. The summed E-state index contributed by atoms with van der Waals surface area (Å²) < 4.78 is 22.8. The summed E-state index contributed by atoms with van der Waals surface area (Å²) >= 11 is 0. The van der Waals surface area contributed by atoms with E-state index in [-0.39, 0.29) is 22.0 Å². The second kappa shape index (κ2) is 10.1. The number of primary sulfonamides is 1. The van der Waals surface area contributed by atoms with Crippen LogP contribution in [0.2, 0.25) is 0 Å². The summed E-state index contributed by atoms with van der Waals surface area (Å²) in [5, 5.41) is 21.2. The molecule has 0 saturated carbocycles. The highest BCUT2D eigenvalue weighted by atomic mass is 32.2. The topological polar surface area (TPSA) is 162 Å². The minimum absolute atomic E-state index is 0.134. The Morgan fingerprint density at radius 2 is 1.65 bits per heavy atom. The van der Waals surface area contributed by atoms with Crippen molar-refractivity contribution >= 4 is 39.3 Å². The van der Waals surface area contributed by atoms with Crippen LogP contribution < -0.4 is 15.8 Å². The van der Waals surface area contributed by atoms with E-state index in [1.165, 1.54) is 48.5 Å². The lowest BCUT2D eigenvalue weighted by atomic mass is 10.1. The lowest BCUT2D eigenvalue weighted by Crippen LogP contribution is -2.30. The molecule has 11 heteroatoms. The first-order valence-corrected chi connectivity index (χ1v) is 11.4. The van der Waals surface area contributed by atoms with Crippen LogP contribution in [0.3, 0.4) is 0 Å². The number of hydrogen-bond donors (Lipinski definition) is 3. The molecule has 0 heterocycles. The van der Waals surface area contributed by atoms with Gasteiger partial charge in [-0.1, -0.05) is 29.8 Å². The van der Waals surface area contributed by atoms with E-state index >= 15 is 0 Å². The van der Waals surface area contributed by atoms with Gasteiger partial charge in [0.25, 0.3) is 17.5 Å². The number of nitro groups is 1. The molecule has 0 aromatic heterocycles. The third kappa shape index (κ3) is 6.34. The number of sulfonamides is 1. The van der Waals surface area contributed by atoms with Crippen LogP contribution >= 0.6 is 0 Å². The van der Waals surface area contributed by atoms with Gasteiger partial charge in [0.05, 0.1) is 9.82 Å². The third-order valence-corrected chi connectivity index (χ3v) is 5.57. The zero-order chi connectivity index (χ0) is 24.9. The number of hydrogen-bond acceptors (Lipinski definition) is 6. The molecule has 10 nitrogen and oxygen atoms in total. The monoisotopic (exact) mass is 480 g/mol. The van der Waals surface area contributed by atoms with Crippen molar-refractivity contribution in [3.05, 3.63) is 105 Å². The van der Waals surface area contributed by atoms with Gasteiger partial charge in [0, 0.05) is 23.4 Å². The van der Waals surface area contributed by atoms with Gasteiger partial charge in [-0.05, 0) is 55.0 Å². The van der Waals surface area contributed by atoms with Crippen LogP contribution in [0.15, 0.2) is 83.4 Å². The highest BCUT2D eigenvalue weighted by molar-refractivity contribution is 7.89. The molecular formula is C23H20N4O6S. The molecule has 174 valence electrons. The first-order valence-electron chi connectivity index (χ1n) is 9.81. The van der Waals surface area contributed by atoms with Crippen molar-refractivity contribution in [3.63, 3.8) is 0 Å². The van der Waals surface area contributed by atoms with Crippen molar-refractivity contribution in [2.75, 3.05) is 5.32 Å². The van der Waals surface area contributed by atoms with Gasteiger partial charge < -0.3 is 10.6 Å². The fourth-order valence-electron chi connectivity index (χ4n) is 2.88. The smallest absolute Gasteiger partial charge is 0.272 e. The van der Waals surface area contributed by atoms with Crippen LogP contribution in [0.5, 0.6) is 0 Å². The van der Waals surface area contributed by atoms with Gasteiger partial charge in [-0.15, -0.1) is 0 Å². The Labute approximate surface area is 195 Å². The van der Waals surface area contributed by atoms with Gasteiger partial charge >= 0.3 is 0 Å². The van der Waals surface area contributed by atoms with Gasteiger partial charge in [-0.25, -0.2) is 13.6 Å². The van der Waals surface area contributed by atoms with Crippen LogP contribution in [0.1, 0.15) is 21.5 Å². The maximum Gasteiger partial charge on any atom is 0.272 e. The van der Waals surface area contributed by atoms with Crippen molar-refractivity contribution in [1.29, 1.82) is 0 Å². The highest BCUT2D eigenvalue weighted by Gasteiger charge is 2.16. The van der Waals surface area contributed by atoms with E-state index in [9.17, 15) is 28.1 Å². The third-order valence-electron chi connectivity index (χ3n) is 4.64. The van der Waals surface area contributed by atoms with E-state index in [1.54, 1.807) is 30.3 Å². The van der Waals surface area contributed by atoms with Crippen molar-refractivity contribution in [3.8, 4) is 0 Å². The fraction of sp³-hybridized carbons (Fsp3) is 0.0435. The molecule has 3 aromatic carbocycles. The Kier molecular flexibility index (Phi) is 7.19. The summed E-state index contributed by atoms with van der Waals surface area (Å²) in [6, 6.07) is 17.3. The molecule has 0 saturated heterocycles. The Hall–Kier alpha value is -4.35. The highest BCUT2D eigenvalue weighted by Crippen LogP contribution is 2.17. The van der Waals surface area contributed by atoms with E-state index < -0.39 is 26.8 Å². The molecule has 0 spiro atoms.